The van der Waals surface area contributed by atoms with Gasteiger partial charge in [0.15, 0.2) is 0 Å². The van der Waals surface area contributed by atoms with Crippen molar-refractivity contribution in [3.05, 3.63) is 0 Å². The minimum absolute atomic E-state index is 0. The van der Waals surface area contributed by atoms with Gasteiger partial charge in [0.2, 0.25) is 0 Å². The Labute approximate surface area is 63.0 Å². The van der Waals surface area contributed by atoms with Gasteiger partial charge in [-0.25, -0.2) is 0 Å². The zero-order valence-corrected chi connectivity index (χ0v) is 7.31. The maximum Gasteiger partial charge on any atom is 3.00 e. The van der Waals surface area contributed by atoms with Crippen LogP contribution in [0.4, 0.5) is 4.11 Å². The van der Waals surface area contributed by atoms with Crippen molar-refractivity contribution in [1.29, 1.82) is 0 Å². The maximum atomic E-state index is 10.2. The van der Waals surface area contributed by atoms with Gasteiger partial charge in [-0.3, -0.25) is 0 Å². The zero-order valence-electron chi connectivity index (χ0n) is 2.68. The average molecular weight is 234 g/mol. The van der Waals surface area contributed by atoms with Gasteiger partial charge in [-0.1, -0.05) is 9.14 Å². The molecule has 0 spiro atoms. The molecule has 0 saturated carbocycles. The van der Waals surface area contributed by atoms with Crippen molar-refractivity contribution in [3.8, 4) is 0 Å². The van der Waals surface area contributed by atoms with Crippen LogP contribution in [-0.4, -0.2) is 9.14 Å². The second kappa shape index (κ2) is 3.25. The van der Waals surface area contributed by atoms with Crippen molar-refractivity contribution in [2.24, 2.45) is 0 Å². The molecule has 0 unspecified atom stereocenters. The molecule has 0 rings (SSSR count). The summed E-state index contributed by atoms with van der Waals surface area (Å²) in [4.78, 5) is 25.4. The largest absolute Gasteiger partial charge is 3.00 e. The van der Waals surface area contributed by atoms with E-state index < -0.39 is 9.14 Å². The predicted octanol–water partition coefficient (Wildman–Crippen LogP) is -3.53. The Morgan fingerprint density at radius 3 is 1.17 bits per heavy atom. The Bertz CT molecular complexity index is 26.3. The average Bonchev–Trinajstić information content (AvgIpc) is 0.722. The van der Waals surface area contributed by atoms with Gasteiger partial charge in [0.1, 0.15) is 0 Å². The summed E-state index contributed by atoms with van der Waals surface area (Å²) >= 11 is 0. The second-order valence-electron chi connectivity index (χ2n) is 0.481. The molecule has 0 bridgehead atoms. The van der Waals surface area contributed by atoms with Crippen LogP contribution in [0.15, 0.2) is 0 Å². The molecule has 0 amide bonds. The summed E-state index contributed by atoms with van der Waals surface area (Å²) in [5, 5.41) is 0. The molecule has 0 aliphatic heterocycles. The van der Waals surface area contributed by atoms with Crippen LogP contribution in [0.2, 0.25) is 0 Å². The van der Waals surface area contributed by atoms with Crippen LogP contribution in [0.5, 0.6) is 0 Å². The first-order chi connectivity index (χ1) is 2.00. The molecule has 0 aliphatic carbocycles. The Hall–Kier alpha value is 1.22. The molecule has 0 saturated heterocycles. The monoisotopic (exact) mass is 234 g/mol. The molecule has 6 heteroatoms. The van der Waals surface area contributed by atoms with E-state index in [0.717, 1.165) is 0 Å². The van der Waals surface area contributed by atoms with Crippen LogP contribution < -0.4 is 14.4 Å². The van der Waals surface area contributed by atoms with Gasteiger partial charge in [0, 0.05) is 0 Å². The standard InChI is InChI=1S/FO3Si.La/c1-5(2,3)4;/q-3;+3. The van der Waals surface area contributed by atoms with Gasteiger partial charge in [-0.15, -0.1) is 0 Å². The van der Waals surface area contributed by atoms with Crippen molar-refractivity contribution in [1.82, 2.24) is 0 Å². The van der Waals surface area contributed by atoms with E-state index in [-0.39, 0.29) is 35.6 Å². The molecule has 0 aromatic carbocycles. The molecule has 0 aromatic rings. The minimum atomic E-state index is -5.86. The van der Waals surface area contributed by atoms with E-state index >= 15 is 0 Å². The van der Waals surface area contributed by atoms with E-state index in [0.29, 0.717) is 0 Å². The van der Waals surface area contributed by atoms with Crippen LogP contribution in [0.3, 0.4) is 0 Å². The van der Waals surface area contributed by atoms with Crippen molar-refractivity contribution < 1.29 is 54.1 Å². The molecule has 0 aliphatic rings. The van der Waals surface area contributed by atoms with Gasteiger partial charge in [-0.05, 0) is 0 Å². The topological polar surface area (TPSA) is 69.2 Å². The molecule has 0 aromatic heterocycles. The smallest absolute Gasteiger partial charge is 0.857 e. The van der Waals surface area contributed by atoms with E-state index in [2.05, 4.69) is 0 Å². The fraction of sp³-hybridized carbons (Fsp3) is 0. The number of hydrogen-bond acceptors (Lipinski definition) is 3. The molecule has 0 radical (unpaired) electrons. The summed E-state index contributed by atoms with van der Waals surface area (Å²) in [5.74, 6) is 0. The molecule has 0 N–H and O–H groups in total. The van der Waals surface area contributed by atoms with Crippen LogP contribution in [0, 0.1) is 35.6 Å². The van der Waals surface area contributed by atoms with Crippen LogP contribution in [0.1, 0.15) is 0 Å². The number of halogens is 1. The summed E-state index contributed by atoms with van der Waals surface area (Å²) in [6.07, 6.45) is 0. The molecular formula is FLaO3Si. The summed E-state index contributed by atoms with van der Waals surface area (Å²) in [7, 11) is -5.86. The normalized spacial score (nSPS) is 10.0. The zero-order chi connectivity index (χ0) is 4.50. The number of hydrogen-bond donors (Lipinski definition) is 0. The van der Waals surface area contributed by atoms with E-state index in [1.54, 1.807) is 0 Å². The van der Waals surface area contributed by atoms with Crippen molar-refractivity contribution in [2.45, 2.75) is 0 Å². The molecular weight excluding hydrogens is 234 g/mol. The van der Waals surface area contributed by atoms with Gasteiger partial charge < -0.3 is 18.5 Å². The predicted molar refractivity (Wildman–Crippen MR) is 6.86 cm³/mol. The van der Waals surface area contributed by atoms with Crippen LogP contribution in [-0.2, 0) is 0 Å². The van der Waals surface area contributed by atoms with E-state index in [9.17, 15) is 4.11 Å². The summed E-state index contributed by atoms with van der Waals surface area (Å²) < 4.78 is 10.2. The molecule has 0 atom stereocenters. The third-order valence-corrected chi connectivity index (χ3v) is 0. The molecule has 32 valence electrons. The van der Waals surface area contributed by atoms with Gasteiger partial charge >= 0.3 is 35.6 Å². The van der Waals surface area contributed by atoms with Gasteiger partial charge in [0.25, 0.3) is 0 Å². The van der Waals surface area contributed by atoms with Crippen LogP contribution in [0.25, 0.3) is 0 Å². The fourth-order valence-corrected chi connectivity index (χ4v) is 0. The SMILES string of the molecule is [La+3].[O-][Si]([O-])([O-])F. The first kappa shape index (κ1) is 10.3. The summed E-state index contributed by atoms with van der Waals surface area (Å²) in [6.45, 7) is 0. The Morgan fingerprint density at radius 1 is 1.17 bits per heavy atom. The Balaban J connectivity index is 0. The van der Waals surface area contributed by atoms with Gasteiger partial charge in [0.05, 0.1) is 0 Å². The molecule has 0 heterocycles. The van der Waals surface area contributed by atoms with E-state index in [1.165, 1.54) is 0 Å². The van der Waals surface area contributed by atoms with Gasteiger partial charge in [-0.2, -0.15) is 0 Å². The van der Waals surface area contributed by atoms with E-state index in [1.807, 2.05) is 0 Å². The first-order valence-electron chi connectivity index (χ1n) is 0.801. The minimum Gasteiger partial charge on any atom is -0.857 e. The third kappa shape index (κ3) is 62.4. The summed E-state index contributed by atoms with van der Waals surface area (Å²) in [5.41, 5.74) is 0. The third-order valence-electron chi connectivity index (χ3n) is 0. The van der Waals surface area contributed by atoms with E-state index in [4.69, 9.17) is 14.4 Å². The Kier molecular flexibility index (Phi) is 5.56. The quantitative estimate of drug-likeness (QED) is 0.322. The molecule has 6 heavy (non-hydrogen) atoms. The molecule has 3 nitrogen and oxygen atoms in total. The number of rotatable bonds is 0. The fourth-order valence-electron chi connectivity index (χ4n) is 0. The van der Waals surface area contributed by atoms with Crippen molar-refractivity contribution >= 4 is 9.14 Å². The van der Waals surface area contributed by atoms with Crippen molar-refractivity contribution in [3.63, 3.8) is 0 Å². The Morgan fingerprint density at radius 2 is 1.17 bits per heavy atom. The molecule has 0 fully saturated rings. The summed E-state index contributed by atoms with van der Waals surface area (Å²) in [6, 6.07) is 0. The first-order valence-corrected chi connectivity index (χ1v) is 2.40. The maximum absolute atomic E-state index is 10.2. The van der Waals surface area contributed by atoms with Crippen LogP contribution >= 0.6 is 0 Å². The van der Waals surface area contributed by atoms with Crippen molar-refractivity contribution in [2.75, 3.05) is 0 Å². The second-order valence-corrected chi connectivity index (χ2v) is 1.44.